The molecule has 0 aliphatic rings. The highest BCUT2D eigenvalue weighted by molar-refractivity contribution is 6.34. The van der Waals surface area contributed by atoms with Gasteiger partial charge in [0.25, 0.3) is 0 Å². The number of nitrogens with zero attached hydrogens (tertiary/aromatic N) is 2. The van der Waals surface area contributed by atoms with Crippen LogP contribution in [0.25, 0.3) is 11.0 Å². The van der Waals surface area contributed by atoms with E-state index >= 15 is 0 Å². The van der Waals surface area contributed by atoms with Crippen molar-refractivity contribution in [3.8, 4) is 0 Å². The first-order chi connectivity index (χ1) is 5.38. The lowest BCUT2D eigenvalue weighted by Gasteiger charge is -1.95. The summed E-state index contributed by atoms with van der Waals surface area (Å²) in [6.07, 6.45) is 3.38. The molecular formula is C8H6Cl2N2. The Morgan fingerprint density at radius 3 is 2.67 bits per heavy atom. The number of hydrogen-bond acceptors (Lipinski definition) is 2. The SMILES string of the molecule is Cl.Clc1ccnc2cccnc12. The van der Waals surface area contributed by atoms with Gasteiger partial charge in [0.05, 0.1) is 10.5 Å². The third kappa shape index (κ3) is 1.49. The lowest BCUT2D eigenvalue weighted by molar-refractivity contribution is 1.34. The molecule has 0 atom stereocenters. The Labute approximate surface area is 81.0 Å². The fourth-order valence-corrected chi connectivity index (χ4v) is 1.15. The number of fused-ring (bicyclic) bond motifs is 1. The summed E-state index contributed by atoms with van der Waals surface area (Å²) >= 11 is 5.85. The Hall–Kier alpha value is -0.860. The molecule has 0 amide bonds. The van der Waals surface area contributed by atoms with E-state index in [2.05, 4.69) is 9.97 Å². The van der Waals surface area contributed by atoms with E-state index in [9.17, 15) is 0 Å². The number of halogens is 2. The zero-order valence-electron chi connectivity index (χ0n) is 6.07. The van der Waals surface area contributed by atoms with Crippen LogP contribution < -0.4 is 0 Å². The Morgan fingerprint density at radius 1 is 1.08 bits per heavy atom. The van der Waals surface area contributed by atoms with Crippen molar-refractivity contribution in [2.45, 2.75) is 0 Å². The van der Waals surface area contributed by atoms with Gasteiger partial charge in [-0.2, -0.15) is 0 Å². The van der Waals surface area contributed by atoms with Gasteiger partial charge in [0, 0.05) is 12.4 Å². The first-order valence-corrected chi connectivity index (χ1v) is 3.61. The second-order valence-corrected chi connectivity index (χ2v) is 2.57. The van der Waals surface area contributed by atoms with Crippen LogP contribution in [-0.2, 0) is 0 Å². The van der Waals surface area contributed by atoms with E-state index in [-0.39, 0.29) is 12.4 Å². The highest BCUT2D eigenvalue weighted by Gasteiger charge is 1.97. The summed E-state index contributed by atoms with van der Waals surface area (Å²) in [7, 11) is 0. The third-order valence-electron chi connectivity index (χ3n) is 1.45. The predicted octanol–water partition coefficient (Wildman–Crippen LogP) is 2.71. The molecule has 0 bridgehead atoms. The smallest absolute Gasteiger partial charge is 0.107 e. The summed E-state index contributed by atoms with van der Waals surface area (Å²) in [6, 6.07) is 5.46. The molecule has 12 heavy (non-hydrogen) atoms. The molecule has 2 aromatic heterocycles. The van der Waals surface area contributed by atoms with Crippen LogP contribution in [0, 0.1) is 0 Å². The third-order valence-corrected chi connectivity index (χ3v) is 1.75. The number of hydrogen-bond donors (Lipinski definition) is 0. The van der Waals surface area contributed by atoms with Crippen molar-refractivity contribution in [1.82, 2.24) is 9.97 Å². The molecule has 2 nitrogen and oxygen atoms in total. The maximum atomic E-state index is 5.85. The highest BCUT2D eigenvalue weighted by Crippen LogP contribution is 2.17. The summed E-state index contributed by atoms with van der Waals surface area (Å²) in [5, 5.41) is 0.649. The predicted molar refractivity (Wildman–Crippen MR) is 51.8 cm³/mol. The van der Waals surface area contributed by atoms with Gasteiger partial charge < -0.3 is 0 Å². The number of pyridine rings is 2. The van der Waals surface area contributed by atoms with Crippen molar-refractivity contribution >= 4 is 35.0 Å². The van der Waals surface area contributed by atoms with Gasteiger partial charge in [-0.15, -0.1) is 12.4 Å². The van der Waals surface area contributed by atoms with Gasteiger partial charge in [-0.1, -0.05) is 11.6 Å². The molecule has 2 rings (SSSR count). The summed E-state index contributed by atoms with van der Waals surface area (Å²) in [6.45, 7) is 0. The largest absolute Gasteiger partial charge is 0.255 e. The van der Waals surface area contributed by atoms with Crippen molar-refractivity contribution in [2.24, 2.45) is 0 Å². The Kier molecular flexibility index (Phi) is 2.84. The maximum absolute atomic E-state index is 5.85. The lowest BCUT2D eigenvalue weighted by atomic mass is 10.3. The summed E-state index contributed by atoms with van der Waals surface area (Å²) < 4.78 is 0. The molecule has 0 fully saturated rings. The maximum Gasteiger partial charge on any atom is 0.107 e. The fourth-order valence-electron chi connectivity index (χ4n) is 0.947. The van der Waals surface area contributed by atoms with Crippen LogP contribution in [-0.4, -0.2) is 9.97 Å². The number of aromatic nitrogens is 2. The molecule has 0 radical (unpaired) electrons. The van der Waals surface area contributed by atoms with E-state index in [1.165, 1.54) is 0 Å². The van der Waals surface area contributed by atoms with Crippen LogP contribution in [0.15, 0.2) is 30.6 Å². The van der Waals surface area contributed by atoms with Crippen LogP contribution in [0.1, 0.15) is 0 Å². The van der Waals surface area contributed by atoms with Crippen molar-refractivity contribution in [2.75, 3.05) is 0 Å². The highest BCUT2D eigenvalue weighted by atomic mass is 35.5. The Morgan fingerprint density at radius 2 is 1.92 bits per heavy atom. The molecule has 0 aliphatic heterocycles. The Bertz CT molecular complexity index is 384. The van der Waals surface area contributed by atoms with Crippen molar-refractivity contribution in [3.63, 3.8) is 0 Å². The number of rotatable bonds is 0. The second-order valence-electron chi connectivity index (χ2n) is 2.16. The van der Waals surface area contributed by atoms with E-state index in [1.54, 1.807) is 18.5 Å². The van der Waals surface area contributed by atoms with Crippen LogP contribution >= 0.6 is 24.0 Å². The lowest BCUT2D eigenvalue weighted by Crippen LogP contribution is -1.81. The minimum absolute atomic E-state index is 0. The minimum Gasteiger partial charge on any atom is -0.255 e. The molecule has 4 heteroatoms. The normalized spacial score (nSPS) is 9.42. The fraction of sp³-hybridized carbons (Fsp3) is 0. The molecule has 2 heterocycles. The minimum atomic E-state index is 0. The second kappa shape index (κ2) is 3.70. The van der Waals surface area contributed by atoms with Crippen molar-refractivity contribution in [3.05, 3.63) is 35.6 Å². The van der Waals surface area contributed by atoms with E-state index in [4.69, 9.17) is 11.6 Å². The van der Waals surface area contributed by atoms with Crippen LogP contribution in [0.2, 0.25) is 5.02 Å². The molecule has 62 valence electrons. The van der Waals surface area contributed by atoms with Gasteiger partial charge in [0.1, 0.15) is 5.52 Å². The summed E-state index contributed by atoms with van der Waals surface area (Å²) in [4.78, 5) is 8.18. The first kappa shape index (κ1) is 9.23. The molecule has 0 saturated carbocycles. The van der Waals surface area contributed by atoms with Gasteiger partial charge in [-0.05, 0) is 18.2 Å². The monoisotopic (exact) mass is 200 g/mol. The molecule has 0 unspecified atom stereocenters. The Balaban J connectivity index is 0.000000720. The van der Waals surface area contributed by atoms with Gasteiger partial charge >= 0.3 is 0 Å². The van der Waals surface area contributed by atoms with E-state index in [0.29, 0.717) is 5.02 Å². The molecule has 0 saturated heterocycles. The molecule has 2 aromatic rings. The first-order valence-electron chi connectivity index (χ1n) is 3.23. The van der Waals surface area contributed by atoms with Crippen molar-refractivity contribution < 1.29 is 0 Å². The van der Waals surface area contributed by atoms with Crippen LogP contribution in [0.4, 0.5) is 0 Å². The van der Waals surface area contributed by atoms with Crippen LogP contribution in [0.5, 0.6) is 0 Å². The standard InChI is InChI=1S/C8H5ClN2.ClH/c9-6-3-5-10-7-2-1-4-11-8(6)7;/h1-5H;1H. The molecule has 0 aliphatic carbocycles. The van der Waals surface area contributed by atoms with E-state index < -0.39 is 0 Å². The molecule has 0 N–H and O–H groups in total. The van der Waals surface area contributed by atoms with Gasteiger partial charge in [0.2, 0.25) is 0 Å². The summed E-state index contributed by atoms with van der Waals surface area (Å²) in [5.41, 5.74) is 1.59. The van der Waals surface area contributed by atoms with E-state index in [0.717, 1.165) is 11.0 Å². The van der Waals surface area contributed by atoms with Gasteiger partial charge in [-0.3, -0.25) is 9.97 Å². The van der Waals surface area contributed by atoms with Crippen LogP contribution in [0.3, 0.4) is 0 Å². The average molecular weight is 201 g/mol. The average Bonchev–Trinajstić information content (AvgIpc) is 2.06. The molecule has 0 aromatic carbocycles. The summed E-state index contributed by atoms with van der Waals surface area (Å²) in [5.74, 6) is 0. The quantitative estimate of drug-likeness (QED) is 0.654. The molecular weight excluding hydrogens is 195 g/mol. The topological polar surface area (TPSA) is 25.8 Å². The van der Waals surface area contributed by atoms with Gasteiger partial charge in [0.15, 0.2) is 0 Å². The zero-order chi connectivity index (χ0) is 7.68. The zero-order valence-corrected chi connectivity index (χ0v) is 7.64. The van der Waals surface area contributed by atoms with Gasteiger partial charge in [-0.25, -0.2) is 0 Å². The molecule has 0 spiro atoms. The van der Waals surface area contributed by atoms with Crippen molar-refractivity contribution in [1.29, 1.82) is 0 Å². The van der Waals surface area contributed by atoms with E-state index in [1.807, 2.05) is 12.1 Å².